The predicted molar refractivity (Wildman–Crippen MR) is 109 cm³/mol. The van der Waals surface area contributed by atoms with Crippen LogP contribution in [0.1, 0.15) is 40.1 Å². The molecule has 0 saturated heterocycles. The van der Waals surface area contributed by atoms with Crippen molar-refractivity contribution in [1.82, 2.24) is 0 Å². The number of ether oxygens (including phenoxy) is 3. The van der Waals surface area contributed by atoms with Gasteiger partial charge >= 0.3 is 11.9 Å². The van der Waals surface area contributed by atoms with Crippen LogP contribution in [0.15, 0.2) is 48.5 Å². The number of methoxy groups -OCH3 is 2. The van der Waals surface area contributed by atoms with Gasteiger partial charge in [0.05, 0.1) is 31.5 Å². The number of esters is 2. The molecule has 0 aliphatic carbocycles. The van der Waals surface area contributed by atoms with E-state index in [1.807, 2.05) is 38.1 Å². The third kappa shape index (κ3) is 6.49. The van der Waals surface area contributed by atoms with Gasteiger partial charge in [0, 0.05) is 11.8 Å². The summed E-state index contributed by atoms with van der Waals surface area (Å²) in [7, 11) is 2.45. The molecular weight excluding hydrogens is 374 g/mol. The topological polar surface area (TPSA) is 90.9 Å². The number of anilines is 1. The normalized spacial score (nSPS) is 10.7. The van der Waals surface area contributed by atoms with Crippen LogP contribution in [-0.2, 0) is 14.3 Å². The Morgan fingerprint density at radius 3 is 2.10 bits per heavy atom. The summed E-state index contributed by atoms with van der Waals surface area (Å²) in [5.41, 5.74) is 1.29. The lowest BCUT2D eigenvalue weighted by molar-refractivity contribution is -0.111. The van der Waals surface area contributed by atoms with Crippen LogP contribution < -0.4 is 10.1 Å². The number of carbonyl (C=O) groups is 3. The van der Waals surface area contributed by atoms with Crippen molar-refractivity contribution in [2.24, 2.45) is 0 Å². The zero-order valence-electron chi connectivity index (χ0n) is 16.7. The Bertz CT molecular complexity index is 898. The number of rotatable bonds is 7. The van der Waals surface area contributed by atoms with Gasteiger partial charge in [-0.2, -0.15) is 0 Å². The van der Waals surface area contributed by atoms with Crippen LogP contribution in [0.4, 0.5) is 5.69 Å². The lowest BCUT2D eigenvalue weighted by Crippen LogP contribution is -2.12. The molecule has 1 amide bonds. The molecule has 0 unspecified atom stereocenters. The first-order valence-electron chi connectivity index (χ1n) is 8.90. The van der Waals surface area contributed by atoms with Crippen LogP contribution in [-0.4, -0.2) is 38.2 Å². The maximum Gasteiger partial charge on any atom is 0.337 e. The highest BCUT2D eigenvalue weighted by Crippen LogP contribution is 2.18. The van der Waals surface area contributed by atoms with Crippen LogP contribution in [0.2, 0.25) is 0 Å². The third-order valence-corrected chi connectivity index (χ3v) is 3.70. The first-order chi connectivity index (χ1) is 13.8. The smallest absolute Gasteiger partial charge is 0.337 e. The molecule has 2 rings (SSSR count). The van der Waals surface area contributed by atoms with Crippen molar-refractivity contribution in [2.45, 2.75) is 20.0 Å². The molecule has 0 radical (unpaired) electrons. The van der Waals surface area contributed by atoms with Crippen molar-refractivity contribution < 1.29 is 28.6 Å². The minimum absolute atomic E-state index is 0.0450. The molecule has 0 heterocycles. The van der Waals surface area contributed by atoms with E-state index in [9.17, 15) is 14.4 Å². The van der Waals surface area contributed by atoms with Crippen molar-refractivity contribution in [3.8, 4) is 5.75 Å². The van der Waals surface area contributed by atoms with Crippen molar-refractivity contribution >= 4 is 29.6 Å². The fraction of sp³-hybridized carbons (Fsp3) is 0.227. The van der Waals surface area contributed by atoms with Crippen molar-refractivity contribution in [3.63, 3.8) is 0 Å². The molecule has 0 spiro atoms. The second kappa shape index (κ2) is 10.1. The summed E-state index contributed by atoms with van der Waals surface area (Å²) >= 11 is 0. The zero-order valence-corrected chi connectivity index (χ0v) is 16.7. The Balaban J connectivity index is 2.18. The second-order valence-corrected chi connectivity index (χ2v) is 6.34. The van der Waals surface area contributed by atoms with E-state index >= 15 is 0 Å². The molecule has 0 aliphatic heterocycles. The quantitative estimate of drug-likeness (QED) is 0.566. The highest BCUT2D eigenvalue weighted by molar-refractivity contribution is 6.04. The average Bonchev–Trinajstić information content (AvgIpc) is 2.70. The van der Waals surface area contributed by atoms with Crippen LogP contribution in [0.25, 0.3) is 6.08 Å². The summed E-state index contributed by atoms with van der Waals surface area (Å²) < 4.78 is 15.0. The lowest BCUT2D eigenvalue weighted by atomic mass is 10.1. The zero-order chi connectivity index (χ0) is 21.4. The molecule has 0 aromatic heterocycles. The lowest BCUT2D eigenvalue weighted by Gasteiger charge is -2.10. The molecule has 7 heteroatoms. The monoisotopic (exact) mass is 397 g/mol. The second-order valence-electron chi connectivity index (χ2n) is 6.34. The molecular formula is C22H23NO6. The van der Waals surface area contributed by atoms with Gasteiger partial charge in [-0.15, -0.1) is 0 Å². The third-order valence-electron chi connectivity index (χ3n) is 3.70. The average molecular weight is 397 g/mol. The van der Waals surface area contributed by atoms with E-state index in [0.29, 0.717) is 5.75 Å². The van der Waals surface area contributed by atoms with E-state index in [1.165, 1.54) is 38.5 Å². The van der Waals surface area contributed by atoms with E-state index in [1.54, 1.807) is 6.08 Å². The number of benzene rings is 2. The Morgan fingerprint density at radius 2 is 1.55 bits per heavy atom. The molecule has 0 bridgehead atoms. The van der Waals surface area contributed by atoms with E-state index in [2.05, 4.69) is 14.8 Å². The fourth-order valence-electron chi connectivity index (χ4n) is 2.49. The number of carbonyl (C=O) groups excluding carboxylic acids is 3. The number of nitrogens with one attached hydrogen (secondary N) is 1. The number of hydrogen-bond donors (Lipinski definition) is 1. The SMILES string of the molecule is COC(=O)c1cc(NC(=O)/C=C/c2cccc(OC(C)C)c2)cc(C(=O)OC)c1. The summed E-state index contributed by atoms with van der Waals surface area (Å²) in [6, 6.07) is 11.5. The van der Waals surface area contributed by atoms with Gasteiger partial charge in [-0.3, -0.25) is 4.79 Å². The maximum absolute atomic E-state index is 12.3. The van der Waals surface area contributed by atoms with Gasteiger partial charge in [-0.25, -0.2) is 9.59 Å². The Hall–Kier alpha value is -3.61. The number of hydrogen-bond acceptors (Lipinski definition) is 6. The molecule has 152 valence electrons. The standard InChI is InChI=1S/C22H23NO6/c1-14(2)29-19-7-5-6-15(10-19)8-9-20(24)23-18-12-16(21(25)27-3)11-17(13-18)22(26)28-4/h5-14H,1-4H3,(H,23,24)/b9-8+. The highest BCUT2D eigenvalue weighted by atomic mass is 16.5. The molecule has 0 aliphatic rings. The van der Waals surface area contributed by atoms with E-state index < -0.39 is 17.8 Å². The first kappa shape index (κ1) is 21.7. The Morgan fingerprint density at radius 1 is 0.931 bits per heavy atom. The fourth-order valence-corrected chi connectivity index (χ4v) is 2.49. The van der Waals surface area contributed by atoms with E-state index in [4.69, 9.17) is 4.74 Å². The Labute approximate surface area is 169 Å². The summed E-state index contributed by atoms with van der Waals surface area (Å²) in [5, 5.41) is 2.63. The summed E-state index contributed by atoms with van der Waals surface area (Å²) in [6.45, 7) is 3.86. The molecule has 29 heavy (non-hydrogen) atoms. The number of amides is 1. The first-order valence-corrected chi connectivity index (χ1v) is 8.90. The van der Waals surface area contributed by atoms with Crippen molar-refractivity contribution in [1.29, 1.82) is 0 Å². The van der Waals surface area contributed by atoms with Crippen LogP contribution in [0.5, 0.6) is 5.75 Å². The van der Waals surface area contributed by atoms with Gasteiger partial charge in [0.1, 0.15) is 5.75 Å². The minimum atomic E-state index is -0.635. The molecule has 2 aromatic rings. The highest BCUT2D eigenvalue weighted by Gasteiger charge is 2.14. The van der Waals surface area contributed by atoms with Gasteiger partial charge in [-0.1, -0.05) is 12.1 Å². The molecule has 2 aromatic carbocycles. The van der Waals surface area contributed by atoms with E-state index in [-0.39, 0.29) is 22.9 Å². The summed E-state index contributed by atoms with van der Waals surface area (Å²) in [4.78, 5) is 35.9. The molecule has 0 saturated carbocycles. The predicted octanol–water partition coefficient (Wildman–Crippen LogP) is 3.70. The van der Waals surface area contributed by atoms with Gasteiger partial charge in [0.25, 0.3) is 0 Å². The van der Waals surface area contributed by atoms with Gasteiger partial charge < -0.3 is 19.5 Å². The summed E-state index contributed by atoms with van der Waals surface area (Å²) in [6.07, 6.45) is 3.02. The molecule has 0 atom stereocenters. The molecule has 1 N–H and O–H groups in total. The van der Waals surface area contributed by atoms with Gasteiger partial charge in [0.15, 0.2) is 0 Å². The molecule has 7 nitrogen and oxygen atoms in total. The maximum atomic E-state index is 12.3. The van der Waals surface area contributed by atoms with Crippen molar-refractivity contribution in [2.75, 3.05) is 19.5 Å². The van der Waals surface area contributed by atoms with E-state index in [0.717, 1.165) is 5.56 Å². The minimum Gasteiger partial charge on any atom is -0.491 e. The molecule has 0 fully saturated rings. The van der Waals surface area contributed by atoms with Crippen LogP contribution >= 0.6 is 0 Å². The van der Waals surface area contributed by atoms with Crippen LogP contribution in [0, 0.1) is 0 Å². The van der Waals surface area contributed by atoms with Gasteiger partial charge in [0.2, 0.25) is 5.91 Å². The van der Waals surface area contributed by atoms with Crippen molar-refractivity contribution in [3.05, 3.63) is 65.2 Å². The van der Waals surface area contributed by atoms with Gasteiger partial charge in [-0.05, 0) is 55.8 Å². The van der Waals surface area contributed by atoms with Crippen LogP contribution in [0.3, 0.4) is 0 Å². The largest absolute Gasteiger partial charge is 0.491 e. The summed E-state index contributed by atoms with van der Waals surface area (Å²) in [5.74, 6) is -0.999. The Kier molecular flexibility index (Phi) is 7.54.